The third-order valence-electron chi connectivity index (χ3n) is 4.66. The van der Waals surface area contributed by atoms with Gasteiger partial charge in [0.15, 0.2) is 6.61 Å². The van der Waals surface area contributed by atoms with Crippen LogP contribution in [0.15, 0.2) is 76.5 Å². The average molecular weight is 524 g/mol. The molecule has 0 heterocycles. The summed E-state index contributed by atoms with van der Waals surface area (Å²) in [6.07, 6.45) is 0. The number of hydrogen-bond acceptors (Lipinski definition) is 6. The fraction of sp³-hybridized carbons (Fsp3) is 0.136. The van der Waals surface area contributed by atoms with Gasteiger partial charge in [-0.1, -0.05) is 17.7 Å². The molecule has 0 saturated heterocycles. The number of amides is 1. The van der Waals surface area contributed by atoms with Crippen LogP contribution in [0.4, 0.5) is 11.4 Å². The number of anilines is 2. The Morgan fingerprint density at radius 3 is 2.12 bits per heavy atom. The molecule has 0 aliphatic rings. The van der Waals surface area contributed by atoms with Crippen LogP contribution in [0.3, 0.4) is 0 Å². The first-order chi connectivity index (χ1) is 16.0. The van der Waals surface area contributed by atoms with Crippen molar-refractivity contribution in [2.24, 2.45) is 0 Å². The van der Waals surface area contributed by atoms with E-state index in [0.29, 0.717) is 22.0 Å². The minimum absolute atomic E-state index is 0.0115. The summed E-state index contributed by atoms with van der Waals surface area (Å²) in [6, 6.07) is 16.1. The Morgan fingerprint density at radius 1 is 0.882 bits per heavy atom. The van der Waals surface area contributed by atoms with E-state index < -0.39 is 26.0 Å². The van der Waals surface area contributed by atoms with Crippen LogP contribution in [0.1, 0.15) is 5.56 Å². The van der Waals surface area contributed by atoms with Gasteiger partial charge in [0.2, 0.25) is 10.0 Å². The standard InChI is InChI=1S/C22H22ClN3O6S2/c1-15-3-10-20(33(28,29)24-2)13-21(15)25-22(27)14-32-18-8-11-19(12-9-18)34(30,31)26-17-6-4-16(23)5-7-17/h3-13,24,26H,14H2,1-2H3,(H,25,27). The van der Waals surface area contributed by atoms with Gasteiger partial charge in [-0.25, -0.2) is 21.6 Å². The van der Waals surface area contributed by atoms with E-state index in [1.54, 1.807) is 37.3 Å². The molecule has 0 unspecified atom stereocenters. The van der Waals surface area contributed by atoms with Crippen molar-refractivity contribution in [3.05, 3.63) is 77.3 Å². The molecule has 3 aromatic carbocycles. The number of halogens is 1. The molecule has 9 nitrogen and oxygen atoms in total. The third-order valence-corrected chi connectivity index (χ3v) is 7.72. The van der Waals surface area contributed by atoms with Gasteiger partial charge in [-0.3, -0.25) is 9.52 Å². The third kappa shape index (κ3) is 6.48. The predicted octanol–water partition coefficient (Wildman–Crippen LogP) is 3.37. The second-order valence-corrected chi connectivity index (χ2v) is 11.1. The molecule has 0 aromatic heterocycles. The summed E-state index contributed by atoms with van der Waals surface area (Å²) >= 11 is 5.81. The lowest BCUT2D eigenvalue weighted by atomic mass is 10.2. The maximum absolute atomic E-state index is 12.5. The number of nitrogens with one attached hydrogen (secondary N) is 3. The van der Waals surface area contributed by atoms with Gasteiger partial charge >= 0.3 is 0 Å². The van der Waals surface area contributed by atoms with Crippen LogP contribution in [0.2, 0.25) is 5.02 Å². The van der Waals surface area contributed by atoms with Crippen LogP contribution >= 0.6 is 11.6 Å². The highest BCUT2D eigenvalue weighted by atomic mass is 35.5. The summed E-state index contributed by atoms with van der Waals surface area (Å²) < 4.78 is 59.1. The average Bonchev–Trinajstić information content (AvgIpc) is 2.80. The van der Waals surface area contributed by atoms with Crippen LogP contribution in [-0.4, -0.2) is 36.4 Å². The molecule has 0 radical (unpaired) electrons. The Kier molecular flexibility index (Phi) is 7.82. The lowest BCUT2D eigenvalue weighted by Crippen LogP contribution is -2.22. The van der Waals surface area contributed by atoms with Crippen molar-refractivity contribution in [2.75, 3.05) is 23.7 Å². The normalized spacial score (nSPS) is 11.6. The molecule has 0 aliphatic heterocycles. The van der Waals surface area contributed by atoms with E-state index in [-0.39, 0.29) is 22.1 Å². The molecular weight excluding hydrogens is 502 g/mol. The van der Waals surface area contributed by atoms with Crippen molar-refractivity contribution < 1.29 is 26.4 Å². The first kappa shape index (κ1) is 25.5. The number of carbonyl (C=O) groups is 1. The molecule has 3 rings (SSSR count). The van der Waals surface area contributed by atoms with Gasteiger partial charge in [-0.05, 0) is 80.2 Å². The monoisotopic (exact) mass is 523 g/mol. The summed E-state index contributed by atoms with van der Waals surface area (Å²) in [7, 11) is -6.18. The highest BCUT2D eigenvalue weighted by molar-refractivity contribution is 7.92. The zero-order chi connectivity index (χ0) is 24.9. The maximum atomic E-state index is 12.5. The minimum atomic E-state index is -3.82. The molecule has 3 N–H and O–H groups in total. The molecule has 3 aromatic rings. The van der Waals surface area contributed by atoms with Crippen molar-refractivity contribution in [3.8, 4) is 5.75 Å². The topological polar surface area (TPSA) is 131 Å². The van der Waals surface area contributed by atoms with Crippen LogP contribution in [0.25, 0.3) is 0 Å². The molecule has 0 aliphatic carbocycles. The minimum Gasteiger partial charge on any atom is -0.484 e. The zero-order valence-corrected chi connectivity index (χ0v) is 20.6. The van der Waals surface area contributed by atoms with E-state index in [1.165, 1.54) is 43.4 Å². The number of benzene rings is 3. The first-order valence-electron chi connectivity index (χ1n) is 9.85. The highest BCUT2D eigenvalue weighted by Gasteiger charge is 2.16. The summed E-state index contributed by atoms with van der Waals surface area (Å²) in [5.41, 5.74) is 1.37. The number of carbonyl (C=O) groups excluding carboxylic acids is 1. The quantitative estimate of drug-likeness (QED) is 0.394. The summed E-state index contributed by atoms with van der Waals surface area (Å²) in [5.74, 6) is -0.230. The van der Waals surface area contributed by atoms with Crippen molar-refractivity contribution in [2.45, 2.75) is 16.7 Å². The number of ether oxygens (including phenoxy) is 1. The van der Waals surface area contributed by atoms with E-state index >= 15 is 0 Å². The second kappa shape index (κ2) is 10.4. The smallest absolute Gasteiger partial charge is 0.262 e. The Bertz CT molecular complexity index is 1390. The lowest BCUT2D eigenvalue weighted by Gasteiger charge is -2.12. The molecule has 0 saturated carbocycles. The molecule has 0 bridgehead atoms. The van der Waals surface area contributed by atoms with Gasteiger partial charge in [-0.15, -0.1) is 0 Å². The van der Waals surface area contributed by atoms with Crippen molar-refractivity contribution in [1.82, 2.24) is 4.72 Å². The number of hydrogen-bond donors (Lipinski definition) is 3. The summed E-state index contributed by atoms with van der Waals surface area (Å²) in [6.45, 7) is 1.36. The molecule has 180 valence electrons. The largest absolute Gasteiger partial charge is 0.484 e. The number of sulfonamides is 2. The SMILES string of the molecule is CNS(=O)(=O)c1ccc(C)c(NC(=O)COc2ccc(S(=O)(=O)Nc3ccc(Cl)cc3)cc2)c1. The number of aryl methyl sites for hydroxylation is 1. The molecular formula is C22H22ClN3O6S2. The molecule has 0 fully saturated rings. The maximum Gasteiger partial charge on any atom is 0.262 e. The van der Waals surface area contributed by atoms with Gasteiger partial charge in [0, 0.05) is 16.4 Å². The van der Waals surface area contributed by atoms with E-state index in [1.807, 2.05) is 0 Å². The van der Waals surface area contributed by atoms with E-state index in [2.05, 4.69) is 14.8 Å². The van der Waals surface area contributed by atoms with Crippen LogP contribution in [0, 0.1) is 6.92 Å². The Balaban J connectivity index is 1.62. The molecule has 1 amide bonds. The molecule has 12 heteroatoms. The van der Waals surface area contributed by atoms with E-state index in [9.17, 15) is 21.6 Å². The Labute approximate surface area is 203 Å². The van der Waals surface area contributed by atoms with Gasteiger partial charge < -0.3 is 10.1 Å². The summed E-state index contributed by atoms with van der Waals surface area (Å²) in [5, 5.41) is 3.10. The first-order valence-corrected chi connectivity index (χ1v) is 13.2. The molecule has 0 atom stereocenters. The van der Waals surface area contributed by atoms with Gasteiger partial charge in [0.05, 0.1) is 9.79 Å². The van der Waals surface area contributed by atoms with Crippen molar-refractivity contribution >= 4 is 48.9 Å². The van der Waals surface area contributed by atoms with Gasteiger partial charge in [0.1, 0.15) is 5.75 Å². The second-order valence-electron chi connectivity index (χ2n) is 7.10. The van der Waals surface area contributed by atoms with Crippen LogP contribution in [0.5, 0.6) is 5.75 Å². The van der Waals surface area contributed by atoms with Crippen molar-refractivity contribution in [3.63, 3.8) is 0 Å². The highest BCUT2D eigenvalue weighted by Crippen LogP contribution is 2.22. The molecule has 34 heavy (non-hydrogen) atoms. The van der Waals surface area contributed by atoms with Crippen LogP contribution < -0.4 is 19.5 Å². The fourth-order valence-corrected chi connectivity index (χ4v) is 4.74. The predicted molar refractivity (Wildman–Crippen MR) is 130 cm³/mol. The molecule has 0 spiro atoms. The Morgan fingerprint density at radius 2 is 1.50 bits per heavy atom. The fourth-order valence-electron chi connectivity index (χ4n) is 2.80. The van der Waals surface area contributed by atoms with Crippen molar-refractivity contribution in [1.29, 1.82) is 0 Å². The van der Waals surface area contributed by atoms with Gasteiger partial charge in [-0.2, -0.15) is 0 Å². The lowest BCUT2D eigenvalue weighted by molar-refractivity contribution is -0.118. The Hall–Kier alpha value is -3.12. The van der Waals surface area contributed by atoms with E-state index in [0.717, 1.165) is 0 Å². The summed E-state index contributed by atoms with van der Waals surface area (Å²) in [4.78, 5) is 12.3. The number of rotatable bonds is 9. The van der Waals surface area contributed by atoms with Gasteiger partial charge in [0.25, 0.3) is 15.9 Å². The van der Waals surface area contributed by atoms with Crippen LogP contribution in [-0.2, 0) is 24.8 Å². The van der Waals surface area contributed by atoms with E-state index in [4.69, 9.17) is 16.3 Å². The zero-order valence-electron chi connectivity index (χ0n) is 18.2.